The number of hydrogen-bond donors (Lipinski definition) is 1. The molecule has 1 saturated heterocycles. The Morgan fingerprint density at radius 2 is 1.90 bits per heavy atom. The lowest BCUT2D eigenvalue weighted by molar-refractivity contribution is -0.0448. The average molecular weight is 672 g/mol. The fourth-order valence-electron chi connectivity index (χ4n) is 4.77. The minimum Gasteiger partial charge on any atom is -0.331 e. The number of thiophene rings is 1. The predicted octanol–water partition coefficient (Wildman–Crippen LogP) is 3.34. The fraction of sp³-hybridized carbons (Fsp3) is 0.478. The van der Waals surface area contributed by atoms with E-state index in [-0.39, 0.29) is 35.3 Å². The van der Waals surface area contributed by atoms with E-state index in [4.69, 9.17) is 11.6 Å². The number of carbonyl (C=O) groups is 1. The Bertz CT molecular complexity index is 1690. The second-order valence-electron chi connectivity index (χ2n) is 9.77. The maximum absolute atomic E-state index is 13.6. The molecule has 0 radical (unpaired) electrons. The van der Waals surface area contributed by atoms with Crippen molar-refractivity contribution in [1.29, 1.82) is 0 Å². The van der Waals surface area contributed by atoms with Gasteiger partial charge in [-0.1, -0.05) is 17.7 Å². The summed E-state index contributed by atoms with van der Waals surface area (Å²) in [6.07, 6.45) is 0.424. The van der Waals surface area contributed by atoms with E-state index in [0.717, 1.165) is 28.5 Å². The van der Waals surface area contributed by atoms with E-state index in [2.05, 4.69) is 9.88 Å². The van der Waals surface area contributed by atoms with E-state index >= 15 is 0 Å². The Morgan fingerprint density at radius 3 is 2.63 bits per heavy atom. The number of likely N-dealkylation sites (N-methyl/N-ethyl adjacent to an activating group) is 1. The Labute approximate surface area is 247 Å². The zero-order valence-corrected chi connectivity index (χ0v) is 25.5. The number of nitrogens with one attached hydrogen (secondary N) is 1. The van der Waals surface area contributed by atoms with Gasteiger partial charge in [0.1, 0.15) is 4.21 Å². The molecular weight excluding hydrogens is 647 g/mol. The van der Waals surface area contributed by atoms with Crippen LogP contribution in [-0.4, -0.2) is 93.2 Å². The molecule has 10 nitrogen and oxygen atoms in total. The standard InChI is InChI=1S/C23H25ClF3N5O5S4/c1-30-7-5-17-19(13-30)39-21(29-17)22(33)32-9-8-31(12-16(32)4-6-28-41(36,37)23(25,26)27)40(34,35)20-10-14-2-3-15(24)11-18(14)38-20/h2-3,10-11,16,28H,4-9,12-13H2,1H3. The van der Waals surface area contributed by atoms with Crippen LogP contribution in [-0.2, 0) is 33.0 Å². The third-order valence-corrected chi connectivity index (χ3v) is 12.9. The van der Waals surface area contributed by atoms with Crippen LogP contribution in [0.25, 0.3) is 10.1 Å². The van der Waals surface area contributed by atoms with Crippen LogP contribution in [0.15, 0.2) is 28.5 Å². The van der Waals surface area contributed by atoms with Gasteiger partial charge in [0.2, 0.25) is 0 Å². The summed E-state index contributed by atoms with van der Waals surface area (Å²) >= 11 is 8.31. The smallest absolute Gasteiger partial charge is 0.331 e. The first-order chi connectivity index (χ1) is 19.2. The molecule has 224 valence electrons. The van der Waals surface area contributed by atoms with Gasteiger partial charge in [0, 0.05) is 66.3 Å². The van der Waals surface area contributed by atoms with Gasteiger partial charge in [0.05, 0.1) is 5.69 Å². The van der Waals surface area contributed by atoms with Crippen LogP contribution in [0.3, 0.4) is 0 Å². The molecule has 2 aromatic heterocycles. The van der Waals surface area contributed by atoms with Crippen molar-refractivity contribution in [3.63, 3.8) is 0 Å². The number of benzene rings is 1. The summed E-state index contributed by atoms with van der Waals surface area (Å²) in [5.74, 6) is -0.468. The monoisotopic (exact) mass is 671 g/mol. The number of nitrogens with zero attached hydrogens (tertiary/aromatic N) is 4. The third-order valence-electron chi connectivity index (χ3n) is 6.94. The Balaban J connectivity index is 1.39. The van der Waals surface area contributed by atoms with Gasteiger partial charge in [-0.25, -0.2) is 26.5 Å². The highest BCUT2D eigenvalue weighted by atomic mass is 35.5. The molecule has 5 rings (SSSR count). The lowest BCUT2D eigenvalue weighted by Crippen LogP contribution is -2.57. The molecule has 1 N–H and O–H groups in total. The summed E-state index contributed by atoms with van der Waals surface area (Å²) < 4.78 is 92.3. The third kappa shape index (κ3) is 6.27. The van der Waals surface area contributed by atoms with Crippen LogP contribution < -0.4 is 4.72 Å². The molecule has 0 aliphatic carbocycles. The van der Waals surface area contributed by atoms with Gasteiger partial charge in [-0.2, -0.15) is 17.5 Å². The topological polar surface area (TPSA) is 120 Å². The summed E-state index contributed by atoms with van der Waals surface area (Å²) in [5, 5.41) is 1.35. The maximum Gasteiger partial charge on any atom is 0.511 e. The Hall–Kier alpha value is -1.86. The second kappa shape index (κ2) is 11.3. The molecule has 0 bridgehead atoms. The molecule has 1 amide bonds. The van der Waals surface area contributed by atoms with Gasteiger partial charge < -0.3 is 9.80 Å². The second-order valence-corrected chi connectivity index (χ2v) is 16.3. The number of amides is 1. The van der Waals surface area contributed by atoms with Crippen molar-refractivity contribution in [2.24, 2.45) is 0 Å². The number of carbonyl (C=O) groups excluding carboxylic acids is 1. The molecule has 41 heavy (non-hydrogen) atoms. The lowest BCUT2D eigenvalue weighted by Gasteiger charge is -2.40. The molecule has 0 saturated carbocycles. The van der Waals surface area contributed by atoms with E-state index in [1.807, 2.05) is 7.05 Å². The van der Waals surface area contributed by atoms with Crippen LogP contribution in [0.1, 0.15) is 26.8 Å². The minimum atomic E-state index is -5.61. The number of fused-ring (bicyclic) bond motifs is 2. The molecule has 2 aliphatic rings. The van der Waals surface area contributed by atoms with Crippen molar-refractivity contribution in [3.8, 4) is 0 Å². The van der Waals surface area contributed by atoms with E-state index in [1.165, 1.54) is 31.3 Å². The number of aromatic nitrogens is 1. The number of alkyl halides is 3. The predicted molar refractivity (Wildman–Crippen MR) is 150 cm³/mol. The molecule has 4 heterocycles. The van der Waals surface area contributed by atoms with Crippen molar-refractivity contribution >= 4 is 70.3 Å². The van der Waals surface area contributed by atoms with E-state index in [1.54, 1.807) is 18.2 Å². The summed E-state index contributed by atoms with van der Waals surface area (Å²) in [6.45, 7) is 0.439. The summed E-state index contributed by atoms with van der Waals surface area (Å²) in [6, 6.07) is 5.61. The summed E-state index contributed by atoms with van der Waals surface area (Å²) in [5.41, 5.74) is -4.68. The van der Waals surface area contributed by atoms with Crippen molar-refractivity contribution < 1.29 is 34.8 Å². The number of thiazole rings is 1. The highest BCUT2D eigenvalue weighted by Crippen LogP contribution is 2.34. The zero-order valence-electron chi connectivity index (χ0n) is 21.5. The normalized spacial score (nSPS) is 19.5. The SMILES string of the molecule is CN1CCc2nc(C(=O)N3CCN(S(=O)(=O)c4cc5ccc(Cl)cc5s4)CC3CCNS(=O)(=O)C(F)(F)F)sc2C1. The first-order valence-electron chi connectivity index (χ1n) is 12.4. The molecule has 1 aromatic carbocycles. The van der Waals surface area contributed by atoms with Crippen LogP contribution in [0.4, 0.5) is 13.2 Å². The Kier molecular flexibility index (Phi) is 8.45. The number of sulfonamides is 2. The van der Waals surface area contributed by atoms with Gasteiger partial charge in [-0.3, -0.25) is 4.79 Å². The van der Waals surface area contributed by atoms with Crippen LogP contribution in [0.2, 0.25) is 5.02 Å². The zero-order chi connectivity index (χ0) is 29.7. The van der Waals surface area contributed by atoms with Crippen molar-refractivity contribution in [1.82, 2.24) is 23.8 Å². The van der Waals surface area contributed by atoms with E-state index in [9.17, 15) is 34.8 Å². The average Bonchev–Trinajstić information content (AvgIpc) is 3.51. The van der Waals surface area contributed by atoms with Gasteiger partial charge in [0.15, 0.2) is 5.01 Å². The molecule has 0 spiro atoms. The first-order valence-corrected chi connectivity index (χ1v) is 17.3. The first kappa shape index (κ1) is 30.6. The number of hydrogen-bond acceptors (Lipinski definition) is 9. The van der Waals surface area contributed by atoms with E-state index in [0.29, 0.717) is 28.1 Å². The molecule has 18 heteroatoms. The molecule has 1 fully saturated rings. The molecule has 3 aromatic rings. The van der Waals surface area contributed by atoms with Crippen molar-refractivity contribution in [3.05, 3.63) is 44.9 Å². The van der Waals surface area contributed by atoms with Gasteiger partial charge in [-0.15, -0.1) is 22.7 Å². The molecular formula is C23H25ClF3N5O5S4. The summed E-state index contributed by atoms with van der Waals surface area (Å²) in [4.78, 5) is 22.5. The lowest BCUT2D eigenvalue weighted by atomic mass is 10.1. The summed E-state index contributed by atoms with van der Waals surface area (Å²) in [7, 11) is -7.69. The van der Waals surface area contributed by atoms with E-state index < -0.39 is 44.0 Å². The van der Waals surface area contributed by atoms with Crippen molar-refractivity contribution in [2.75, 3.05) is 39.8 Å². The fourth-order valence-corrected chi connectivity index (χ4v) is 9.77. The van der Waals surface area contributed by atoms with Crippen molar-refractivity contribution in [2.45, 2.75) is 35.1 Å². The van der Waals surface area contributed by atoms with Crippen LogP contribution in [0, 0.1) is 0 Å². The molecule has 1 unspecified atom stereocenters. The Morgan fingerprint density at radius 1 is 1.15 bits per heavy atom. The number of piperazine rings is 1. The quantitative estimate of drug-likeness (QED) is 0.409. The van der Waals surface area contributed by atoms with Gasteiger partial charge in [0.25, 0.3) is 15.9 Å². The highest BCUT2D eigenvalue weighted by Gasteiger charge is 2.46. The van der Waals surface area contributed by atoms with Gasteiger partial charge in [-0.05, 0) is 37.1 Å². The maximum atomic E-state index is 13.6. The van der Waals surface area contributed by atoms with Crippen LogP contribution in [0.5, 0.6) is 0 Å². The largest absolute Gasteiger partial charge is 0.511 e. The minimum absolute atomic E-state index is 0.0460. The highest BCUT2D eigenvalue weighted by molar-refractivity contribution is 7.91. The molecule has 1 atom stereocenters. The molecule has 2 aliphatic heterocycles. The van der Waals surface area contributed by atoms with Gasteiger partial charge >= 0.3 is 15.5 Å². The number of rotatable bonds is 7. The number of halogens is 4. The van der Waals surface area contributed by atoms with Crippen LogP contribution >= 0.6 is 34.3 Å².